The van der Waals surface area contributed by atoms with E-state index in [1.165, 1.54) is 12.1 Å². The van der Waals surface area contributed by atoms with Crippen LogP contribution in [0.1, 0.15) is 5.56 Å². The fourth-order valence-electron chi connectivity index (χ4n) is 3.00. The lowest BCUT2D eigenvalue weighted by Crippen LogP contribution is -1.99. The lowest BCUT2D eigenvalue weighted by atomic mass is 10.1. The van der Waals surface area contributed by atoms with E-state index in [0.29, 0.717) is 27.5 Å². The normalized spacial score (nSPS) is 10.8. The van der Waals surface area contributed by atoms with Gasteiger partial charge in [0.05, 0.1) is 16.1 Å². The fourth-order valence-corrected chi connectivity index (χ4v) is 3.17. The fraction of sp³-hybridized carbons (Fsp3) is 0.0476. The van der Waals surface area contributed by atoms with Crippen LogP contribution in [0, 0.1) is 10.1 Å². The Labute approximate surface area is 170 Å². The van der Waals surface area contributed by atoms with Crippen LogP contribution in [0.15, 0.2) is 66.7 Å². The van der Waals surface area contributed by atoms with Gasteiger partial charge in [-0.05, 0) is 35.9 Å². The van der Waals surface area contributed by atoms with E-state index in [2.05, 4.69) is 9.97 Å². The number of nitrogen functional groups attached to an aromatic ring is 1. The topological polar surface area (TPSA) is 104 Å². The molecule has 3 aromatic carbocycles. The van der Waals surface area contributed by atoms with Crippen LogP contribution in [0.5, 0.6) is 5.75 Å². The molecule has 0 atom stereocenters. The largest absolute Gasteiger partial charge is 0.489 e. The number of nitro groups is 1. The maximum absolute atomic E-state index is 10.9. The number of benzene rings is 3. The molecule has 0 aliphatic heterocycles. The van der Waals surface area contributed by atoms with Gasteiger partial charge in [0, 0.05) is 28.1 Å². The predicted octanol–water partition coefficient (Wildman–Crippen LogP) is 5.02. The molecule has 0 spiro atoms. The summed E-state index contributed by atoms with van der Waals surface area (Å²) in [5.74, 6) is 0.763. The highest BCUT2D eigenvalue weighted by Crippen LogP contribution is 2.31. The van der Waals surface area contributed by atoms with Gasteiger partial charge in [0.1, 0.15) is 12.4 Å². The molecule has 0 aliphatic carbocycles. The second-order valence-electron chi connectivity index (χ2n) is 6.34. The summed E-state index contributed by atoms with van der Waals surface area (Å²) >= 11 is 6.14. The van der Waals surface area contributed by atoms with Gasteiger partial charge < -0.3 is 10.5 Å². The van der Waals surface area contributed by atoms with Crippen molar-refractivity contribution in [3.05, 3.63) is 87.4 Å². The quantitative estimate of drug-likeness (QED) is 0.368. The number of nitrogens with two attached hydrogens (primary N) is 1. The number of non-ortho nitro benzene ring substituents is 1. The van der Waals surface area contributed by atoms with Crippen molar-refractivity contribution in [3.8, 4) is 17.0 Å². The van der Waals surface area contributed by atoms with Crippen molar-refractivity contribution in [2.24, 2.45) is 0 Å². The Morgan fingerprint density at radius 2 is 1.86 bits per heavy atom. The number of nitro benzene ring substituents is 1. The molecule has 144 valence electrons. The highest BCUT2D eigenvalue weighted by Gasteiger charge is 2.11. The summed E-state index contributed by atoms with van der Waals surface area (Å²) in [5, 5.41) is 12.3. The molecule has 1 aromatic heterocycles. The molecule has 8 heteroatoms. The molecular weight excluding hydrogens is 392 g/mol. The van der Waals surface area contributed by atoms with Crippen molar-refractivity contribution in [2.75, 3.05) is 5.73 Å². The maximum atomic E-state index is 10.9. The summed E-state index contributed by atoms with van der Waals surface area (Å²) < 4.78 is 5.83. The molecule has 29 heavy (non-hydrogen) atoms. The minimum absolute atomic E-state index is 0.0275. The van der Waals surface area contributed by atoms with Crippen LogP contribution in [-0.4, -0.2) is 14.9 Å². The van der Waals surface area contributed by atoms with Gasteiger partial charge in [0.2, 0.25) is 5.95 Å². The summed E-state index contributed by atoms with van der Waals surface area (Å²) in [5.41, 5.74) is 8.74. The number of halogens is 1. The van der Waals surface area contributed by atoms with Gasteiger partial charge in [0.15, 0.2) is 0 Å². The third-order valence-electron chi connectivity index (χ3n) is 4.31. The van der Waals surface area contributed by atoms with E-state index in [9.17, 15) is 10.1 Å². The molecule has 0 fully saturated rings. The van der Waals surface area contributed by atoms with E-state index < -0.39 is 4.92 Å². The van der Waals surface area contributed by atoms with Gasteiger partial charge in [-0.3, -0.25) is 10.1 Å². The van der Waals surface area contributed by atoms with Crippen molar-refractivity contribution in [3.63, 3.8) is 0 Å². The standard InChI is InChI=1S/C21H15ClN4O3/c22-15-7-8-19-18(11-15)20(25-21(23)24-19)14-4-2-6-17(10-14)29-12-13-3-1-5-16(9-13)26(27)28/h1-11H,12H2,(H2,23,24,25). The van der Waals surface area contributed by atoms with Crippen LogP contribution in [0.2, 0.25) is 5.02 Å². The molecule has 2 N–H and O–H groups in total. The summed E-state index contributed by atoms with van der Waals surface area (Å²) in [7, 11) is 0. The van der Waals surface area contributed by atoms with Crippen LogP contribution < -0.4 is 10.5 Å². The Kier molecular flexibility index (Phi) is 4.97. The van der Waals surface area contributed by atoms with Crippen molar-refractivity contribution in [1.82, 2.24) is 9.97 Å². The maximum Gasteiger partial charge on any atom is 0.269 e. The van der Waals surface area contributed by atoms with Gasteiger partial charge in [-0.15, -0.1) is 0 Å². The molecule has 7 nitrogen and oxygen atoms in total. The molecule has 0 radical (unpaired) electrons. The molecule has 1 heterocycles. The SMILES string of the molecule is Nc1nc(-c2cccc(OCc3cccc([N+](=O)[O-])c3)c2)c2cc(Cl)ccc2n1. The summed E-state index contributed by atoms with van der Waals surface area (Å²) in [6.45, 7) is 0.198. The Balaban J connectivity index is 1.65. The van der Waals surface area contributed by atoms with E-state index in [1.54, 1.807) is 36.4 Å². The van der Waals surface area contributed by atoms with Gasteiger partial charge in [0.25, 0.3) is 5.69 Å². The van der Waals surface area contributed by atoms with E-state index in [4.69, 9.17) is 22.1 Å². The number of aromatic nitrogens is 2. The molecule has 0 amide bonds. The molecule has 0 saturated carbocycles. The number of hydrogen-bond acceptors (Lipinski definition) is 6. The van der Waals surface area contributed by atoms with Crippen LogP contribution in [0.3, 0.4) is 0 Å². The Bertz CT molecular complexity index is 1230. The monoisotopic (exact) mass is 406 g/mol. The molecule has 0 saturated heterocycles. The summed E-state index contributed by atoms with van der Waals surface area (Å²) in [6.07, 6.45) is 0. The number of rotatable bonds is 5. The van der Waals surface area contributed by atoms with E-state index >= 15 is 0 Å². The van der Waals surface area contributed by atoms with Crippen molar-refractivity contribution >= 4 is 34.1 Å². The summed E-state index contributed by atoms with van der Waals surface area (Å²) in [6, 6.07) is 19.0. The van der Waals surface area contributed by atoms with Crippen molar-refractivity contribution < 1.29 is 9.66 Å². The summed E-state index contributed by atoms with van der Waals surface area (Å²) in [4.78, 5) is 19.1. The van der Waals surface area contributed by atoms with Crippen LogP contribution in [0.25, 0.3) is 22.2 Å². The first kappa shape index (κ1) is 18.6. The first-order chi connectivity index (χ1) is 14.0. The highest BCUT2D eigenvalue weighted by atomic mass is 35.5. The van der Waals surface area contributed by atoms with Crippen LogP contribution in [-0.2, 0) is 6.61 Å². The lowest BCUT2D eigenvalue weighted by Gasteiger charge is -2.10. The number of anilines is 1. The van der Waals surface area contributed by atoms with Crippen LogP contribution >= 0.6 is 11.6 Å². The number of nitrogens with zero attached hydrogens (tertiary/aromatic N) is 3. The highest BCUT2D eigenvalue weighted by molar-refractivity contribution is 6.31. The zero-order valence-electron chi connectivity index (χ0n) is 15.1. The number of hydrogen-bond donors (Lipinski definition) is 1. The minimum atomic E-state index is -0.431. The smallest absolute Gasteiger partial charge is 0.269 e. The zero-order chi connectivity index (χ0) is 20.4. The Hall–Kier alpha value is -3.71. The van der Waals surface area contributed by atoms with Gasteiger partial charge >= 0.3 is 0 Å². The molecule has 0 unspecified atom stereocenters. The molecule has 0 aliphatic rings. The minimum Gasteiger partial charge on any atom is -0.489 e. The number of ether oxygens (including phenoxy) is 1. The third-order valence-corrected chi connectivity index (χ3v) is 4.54. The molecular formula is C21H15ClN4O3. The second-order valence-corrected chi connectivity index (χ2v) is 6.77. The van der Waals surface area contributed by atoms with E-state index in [0.717, 1.165) is 10.9 Å². The average molecular weight is 407 g/mol. The lowest BCUT2D eigenvalue weighted by molar-refractivity contribution is -0.384. The van der Waals surface area contributed by atoms with Crippen molar-refractivity contribution in [1.29, 1.82) is 0 Å². The van der Waals surface area contributed by atoms with E-state index in [-0.39, 0.29) is 18.2 Å². The molecule has 4 rings (SSSR count). The van der Waals surface area contributed by atoms with Crippen LogP contribution in [0.4, 0.5) is 11.6 Å². The third kappa shape index (κ3) is 4.09. The van der Waals surface area contributed by atoms with Crippen molar-refractivity contribution in [2.45, 2.75) is 6.61 Å². The molecule has 0 bridgehead atoms. The van der Waals surface area contributed by atoms with Gasteiger partial charge in [-0.2, -0.15) is 0 Å². The Morgan fingerprint density at radius 3 is 2.69 bits per heavy atom. The van der Waals surface area contributed by atoms with E-state index in [1.807, 2.05) is 18.2 Å². The first-order valence-electron chi connectivity index (χ1n) is 8.69. The Morgan fingerprint density at radius 1 is 1.03 bits per heavy atom. The average Bonchev–Trinajstić information content (AvgIpc) is 2.72. The molecule has 4 aromatic rings. The first-order valence-corrected chi connectivity index (χ1v) is 9.07. The second kappa shape index (κ2) is 7.73. The number of fused-ring (bicyclic) bond motifs is 1. The van der Waals surface area contributed by atoms with Gasteiger partial charge in [-0.25, -0.2) is 9.97 Å². The van der Waals surface area contributed by atoms with Gasteiger partial charge in [-0.1, -0.05) is 35.9 Å². The predicted molar refractivity (Wildman–Crippen MR) is 112 cm³/mol. The zero-order valence-corrected chi connectivity index (χ0v) is 15.8.